The molecule has 0 aromatic carbocycles. The highest BCUT2D eigenvalue weighted by Gasteiger charge is 2.32. The van der Waals surface area contributed by atoms with Gasteiger partial charge in [0.05, 0.1) is 6.61 Å². The van der Waals surface area contributed by atoms with Crippen molar-refractivity contribution in [2.75, 3.05) is 26.8 Å². The van der Waals surface area contributed by atoms with E-state index in [1.54, 1.807) is 0 Å². The third-order valence-corrected chi connectivity index (χ3v) is 4.18. The predicted molar refractivity (Wildman–Crippen MR) is 61.8 cm³/mol. The molecule has 0 bridgehead atoms. The van der Waals surface area contributed by atoms with Crippen molar-refractivity contribution in [2.24, 2.45) is 11.7 Å². The van der Waals surface area contributed by atoms with Crippen LogP contribution in [0, 0.1) is 5.92 Å². The largest absolute Gasteiger partial charge is 0.380 e. The van der Waals surface area contributed by atoms with Crippen LogP contribution in [0.3, 0.4) is 0 Å². The molecule has 3 unspecified atom stereocenters. The normalized spacial score (nSPS) is 37.4. The Morgan fingerprint density at radius 3 is 2.73 bits per heavy atom. The van der Waals surface area contributed by atoms with Gasteiger partial charge in [-0.25, -0.2) is 0 Å². The fourth-order valence-corrected chi connectivity index (χ4v) is 3.11. The Morgan fingerprint density at radius 1 is 1.27 bits per heavy atom. The summed E-state index contributed by atoms with van der Waals surface area (Å²) in [6.07, 6.45) is 6.59. The lowest BCUT2D eigenvalue weighted by molar-refractivity contribution is 0.0805. The molecule has 0 aromatic heterocycles. The van der Waals surface area contributed by atoms with Gasteiger partial charge in [0.25, 0.3) is 0 Å². The number of ether oxygens (including phenoxy) is 1. The molecule has 0 spiro atoms. The van der Waals surface area contributed by atoms with E-state index in [-0.39, 0.29) is 0 Å². The van der Waals surface area contributed by atoms with Crippen molar-refractivity contribution in [3.8, 4) is 0 Å². The van der Waals surface area contributed by atoms with E-state index in [0.717, 1.165) is 19.8 Å². The second kappa shape index (κ2) is 5.28. The van der Waals surface area contributed by atoms with Crippen LogP contribution in [-0.2, 0) is 4.74 Å². The molecule has 3 nitrogen and oxygen atoms in total. The first-order chi connectivity index (χ1) is 7.33. The van der Waals surface area contributed by atoms with Gasteiger partial charge in [0, 0.05) is 18.7 Å². The van der Waals surface area contributed by atoms with E-state index in [9.17, 15) is 0 Å². The molecule has 15 heavy (non-hydrogen) atoms. The predicted octanol–water partition coefficient (Wildman–Crippen LogP) is 1.22. The molecule has 2 rings (SSSR count). The standard InChI is InChI=1S/C12H24N2O/c1-14(11-6-7-15-9-11)12-5-3-2-4-10(12)8-13/h10-12H,2-9,13H2,1H3. The Bertz CT molecular complexity index is 192. The number of likely N-dealkylation sites (N-methyl/N-ethyl adjacent to an activating group) is 1. The van der Waals surface area contributed by atoms with Gasteiger partial charge in [-0.3, -0.25) is 4.90 Å². The SMILES string of the molecule is CN(C1CCOC1)C1CCCCC1CN. The minimum absolute atomic E-state index is 0.641. The summed E-state index contributed by atoms with van der Waals surface area (Å²) < 4.78 is 5.47. The van der Waals surface area contributed by atoms with Gasteiger partial charge >= 0.3 is 0 Å². The molecule has 0 aromatic rings. The third kappa shape index (κ3) is 2.52. The van der Waals surface area contributed by atoms with Crippen LogP contribution in [0.1, 0.15) is 32.1 Å². The molecule has 2 fully saturated rings. The van der Waals surface area contributed by atoms with Crippen LogP contribution in [0.25, 0.3) is 0 Å². The summed E-state index contributed by atoms with van der Waals surface area (Å²) in [7, 11) is 2.26. The van der Waals surface area contributed by atoms with Crippen LogP contribution in [0.2, 0.25) is 0 Å². The van der Waals surface area contributed by atoms with Gasteiger partial charge < -0.3 is 10.5 Å². The zero-order valence-electron chi connectivity index (χ0n) is 9.82. The average Bonchev–Trinajstić information content (AvgIpc) is 2.81. The Morgan fingerprint density at radius 2 is 2.07 bits per heavy atom. The molecule has 3 heteroatoms. The number of rotatable bonds is 3. The van der Waals surface area contributed by atoms with Crippen LogP contribution < -0.4 is 5.73 Å². The van der Waals surface area contributed by atoms with Crippen LogP contribution in [0.4, 0.5) is 0 Å². The smallest absolute Gasteiger partial charge is 0.0622 e. The minimum Gasteiger partial charge on any atom is -0.380 e. The van der Waals surface area contributed by atoms with Crippen molar-refractivity contribution in [2.45, 2.75) is 44.2 Å². The van der Waals surface area contributed by atoms with E-state index in [2.05, 4.69) is 11.9 Å². The summed E-state index contributed by atoms with van der Waals surface area (Å²) in [5, 5.41) is 0. The van der Waals surface area contributed by atoms with Gasteiger partial charge in [0.1, 0.15) is 0 Å². The van der Waals surface area contributed by atoms with E-state index in [1.165, 1.54) is 32.1 Å². The number of hydrogen-bond donors (Lipinski definition) is 1. The lowest BCUT2D eigenvalue weighted by Crippen LogP contribution is -2.48. The van der Waals surface area contributed by atoms with Crippen molar-refractivity contribution in [1.29, 1.82) is 0 Å². The Labute approximate surface area is 93.0 Å². The Hall–Kier alpha value is -0.120. The fourth-order valence-electron chi connectivity index (χ4n) is 3.11. The molecule has 2 aliphatic rings. The zero-order valence-corrected chi connectivity index (χ0v) is 9.82. The van der Waals surface area contributed by atoms with Gasteiger partial charge in [-0.2, -0.15) is 0 Å². The first-order valence-corrected chi connectivity index (χ1v) is 6.32. The van der Waals surface area contributed by atoms with Gasteiger partial charge in [-0.05, 0) is 38.8 Å². The summed E-state index contributed by atoms with van der Waals surface area (Å²) in [5.41, 5.74) is 5.87. The molecule has 1 aliphatic carbocycles. The molecule has 1 saturated heterocycles. The van der Waals surface area contributed by atoms with Gasteiger partial charge in [-0.15, -0.1) is 0 Å². The van der Waals surface area contributed by atoms with Crippen LogP contribution in [-0.4, -0.2) is 43.8 Å². The molecule has 2 N–H and O–H groups in total. The van der Waals surface area contributed by atoms with Crippen molar-refractivity contribution < 1.29 is 4.74 Å². The quantitative estimate of drug-likeness (QED) is 0.764. The summed E-state index contributed by atoms with van der Waals surface area (Å²) >= 11 is 0. The third-order valence-electron chi connectivity index (χ3n) is 4.18. The molecule has 1 aliphatic heterocycles. The van der Waals surface area contributed by atoms with Crippen LogP contribution >= 0.6 is 0 Å². The molecule has 88 valence electrons. The van der Waals surface area contributed by atoms with Crippen molar-refractivity contribution in [3.63, 3.8) is 0 Å². The van der Waals surface area contributed by atoms with E-state index in [0.29, 0.717) is 18.0 Å². The molecule has 1 heterocycles. The maximum Gasteiger partial charge on any atom is 0.0622 e. The lowest BCUT2D eigenvalue weighted by atomic mass is 9.83. The number of nitrogens with zero attached hydrogens (tertiary/aromatic N) is 1. The van der Waals surface area contributed by atoms with E-state index in [1.807, 2.05) is 0 Å². The number of hydrogen-bond acceptors (Lipinski definition) is 3. The van der Waals surface area contributed by atoms with Crippen LogP contribution in [0.15, 0.2) is 0 Å². The minimum atomic E-state index is 0.641. The van der Waals surface area contributed by atoms with Crippen molar-refractivity contribution >= 4 is 0 Å². The second-order valence-electron chi connectivity index (χ2n) is 5.03. The second-order valence-corrected chi connectivity index (χ2v) is 5.03. The molecule has 0 radical (unpaired) electrons. The van der Waals surface area contributed by atoms with Gasteiger partial charge in [0.2, 0.25) is 0 Å². The average molecular weight is 212 g/mol. The fraction of sp³-hybridized carbons (Fsp3) is 1.00. The number of nitrogens with two attached hydrogens (primary N) is 1. The first kappa shape index (κ1) is 11.4. The summed E-state index contributed by atoms with van der Waals surface area (Å²) in [5.74, 6) is 0.712. The topological polar surface area (TPSA) is 38.5 Å². The van der Waals surface area contributed by atoms with E-state index < -0.39 is 0 Å². The molecular formula is C12H24N2O. The summed E-state index contributed by atoms with van der Waals surface area (Å²) in [6.45, 7) is 2.71. The summed E-state index contributed by atoms with van der Waals surface area (Å²) in [6, 6.07) is 1.34. The maximum absolute atomic E-state index is 5.87. The highest BCUT2D eigenvalue weighted by atomic mass is 16.5. The molecule has 3 atom stereocenters. The highest BCUT2D eigenvalue weighted by molar-refractivity contribution is 4.87. The van der Waals surface area contributed by atoms with Gasteiger partial charge in [0.15, 0.2) is 0 Å². The molecular weight excluding hydrogens is 188 g/mol. The maximum atomic E-state index is 5.87. The van der Waals surface area contributed by atoms with Crippen LogP contribution in [0.5, 0.6) is 0 Å². The van der Waals surface area contributed by atoms with E-state index in [4.69, 9.17) is 10.5 Å². The van der Waals surface area contributed by atoms with Crippen molar-refractivity contribution in [3.05, 3.63) is 0 Å². The molecule has 1 saturated carbocycles. The van der Waals surface area contributed by atoms with Crippen molar-refractivity contribution in [1.82, 2.24) is 4.90 Å². The Kier molecular flexibility index (Phi) is 4.00. The molecule has 0 amide bonds. The lowest BCUT2D eigenvalue weighted by Gasteiger charge is -2.40. The monoisotopic (exact) mass is 212 g/mol. The van der Waals surface area contributed by atoms with E-state index >= 15 is 0 Å². The van der Waals surface area contributed by atoms with Gasteiger partial charge in [-0.1, -0.05) is 12.8 Å². The first-order valence-electron chi connectivity index (χ1n) is 6.32. The Balaban J connectivity index is 1.93. The summed E-state index contributed by atoms with van der Waals surface area (Å²) in [4.78, 5) is 2.55. The highest BCUT2D eigenvalue weighted by Crippen LogP contribution is 2.29. The zero-order chi connectivity index (χ0) is 10.7.